The van der Waals surface area contributed by atoms with Crippen molar-refractivity contribution in [2.24, 2.45) is 17.8 Å². The van der Waals surface area contributed by atoms with E-state index >= 15 is 0 Å². The molecule has 11 heavy (non-hydrogen) atoms. The highest BCUT2D eigenvalue weighted by atomic mass is 79.9. The zero-order valence-corrected chi connectivity index (χ0v) is 9.39. The van der Waals surface area contributed by atoms with E-state index in [2.05, 4.69) is 36.7 Å². The fraction of sp³-hybridized carbons (Fsp3) is 1.00. The fourth-order valence-electron chi connectivity index (χ4n) is 2.61. The van der Waals surface area contributed by atoms with Crippen LogP contribution in [0.4, 0.5) is 0 Å². The van der Waals surface area contributed by atoms with Gasteiger partial charge in [-0.3, -0.25) is 0 Å². The normalized spacial score (nSPS) is 42.0. The lowest BCUT2D eigenvalue weighted by Gasteiger charge is -2.36. The summed E-state index contributed by atoms with van der Waals surface area (Å²) in [5, 5.41) is 0. The lowest BCUT2D eigenvalue weighted by atomic mass is 9.72. The molecule has 3 unspecified atom stereocenters. The minimum Gasteiger partial charge on any atom is -0.0890 e. The van der Waals surface area contributed by atoms with E-state index in [1.165, 1.54) is 19.3 Å². The van der Waals surface area contributed by atoms with Crippen LogP contribution in [0, 0.1) is 17.8 Å². The Kier molecular flexibility index (Phi) is 3.42. The second-order valence-corrected chi connectivity index (χ2v) is 5.58. The van der Waals surface area contributed by atoms with Gasteiger partial charge in [-0.1, -0.05) is 56.0 Å². The first kappa shape index (κ1) is 9.57. The van der Waals surface area contributed by atoms with E-state index < -0.39 is 0 Å². The second-order valence-electron chi connectivity index (χ2n) is 4.14. The molecule has 0 aromatic rings. The van der Waals surface area contributed by atoms with Crippen molar-refractivity contribution in [3.63, 3.8) is 0 Å². The standard InChI is InChI=1S/C10H19Br/c1-7-5-4-6-8(2)10(7)9(3)11/h7-10H,4-6H2,1-3H3. The summed E-state index contributed by atoms with van der Waals surface area (Å²) in [4.78, 5) is 0.702. The zero-order valence-electron chi connectivity index (χ0n) is 7.81. The molecule has 3 atom stereocenters. The highest BCUT2D eigenvalue weighted by Crippen LogP contribution is 2.38. The van der Waals surface area contributed by atoms with Crippen molar-refractivity contribution in [2.75, 3.05) is 0 Å². The molecule has 0 bridgehead atoms. The van der Waals surface area contributed by atoms with Gasteiger partial charge in [0.2, 0.25) is 0 Å². The van der Waals surface area contributed by atoms with Crippen molar-refractivity contribution in [1.82, 2.24) is 0 Å². The highest BCUT2D eigenvalue weighted by Gasteiger charge is 2.30. The Morgan fingerprint density at radius 1 is 1.18 bits per heavy atom. The molecule has 0 radical (unpaired) electrons. The van der Waals surface area contributed by atoms with E-state index in [4.69, 9.17) is 0 Å². The Hall–Kier alpha value is 0.480. The topological polar surface area (TPSA) is 0 Å². The summed E-state index contributed by atoms with van der Waals surface area (Å²) in [6.07, 6.45) is 4.31. The third-order valence-electron chi connectivity index (χ3n) is 3.16. The molecule has 0 heterocycles. The Labute approximate surface area is 78.9 Å². The molecule has 0 aromatic heterocycles. The predicted octanol–water partition coefficient (Wildman–Crippen LogP) is 3.84. The first-order valence-electron chi connectivity index (χ1n) is 4.77. The Morgan fingerprint density at radius 3 is 1.91 bits per heavy atom. The van der Waals surface area contributed by atoms with Gasteiger partial charge in [0.05, 0.1) is 0 Å². The minimum absolute atomic E-state index is 0.702. The molecule has 1 rings (SSSR count). The molecular formula is C10H19Br. The largest absolute Gasteiger partial charge is 0.0890 e. The average Bonchev–Trinajstić information content (AvgIpc) is 1.85. The summed E-state index contributed by atoms with van der Waals surface area (Å²) in [5.41, 5.74) is 0. The van der Waals surface area contributed by atoms with Crippen molar-refractivity contribution in [3.8, 4) is 0 Å². The fourth-order valence-corrected chi connectivity index (χ4v) is 3.66. The molecule has 0 spiro atoms. The highest BCUT2D eigenvalue weighted by molar-refractivity contribution is 9.09. The number of hydrogen-bond donors (Lipinski definition) is 0. The molecule has 1 saturated carbocycles. The van der Waals surface area contributed by atoms with Crippen LogP contribution in [0.15, 0.2) is 0 Å². The van der Waals surface area contributed by atoms with Crippen LogP contribution in [-0.4, -0.2) is 4.83 Å². The van der Waals surface area contributed by atoms with Gasteiger partial charge in [-0.15, -0.1) is 0 Å². The third-order valence-corrected chi connectivity index (χ3v) is 3.77. The van der Waals surface area contributed by atoms with Gasteiger partial charge in [-0.2, -0.15) is 0 Å². The number of hydrogen-bond acceptors (Lipinski definition) is 0. The van der Waals surface area contributed by atoms with Crippen molar-refractivity contribution in [3.05, 3.63) is 0 Å². The van der Waals surface area contributed by atoms with Gasteiger partial charge in [-0.25, -0.2) is 0 Å². The maximum absolute atomic E-state index is 3.72. The summed E-state index contributed by atoms with van der Waals surface area (Å²) in [5.74, 6) is 2.75. The van der Waals surface area contributed by atoms with Crippen LogP contribution in [0.1, 0.15) is 40.0 Å². The predicted molar refractivity (Wildman–Crippen MR) is 54.1 cm³/mol. The summed E-state index contributed by atoms with van der Waals surface area (Å²) in [7, 11) is 0. The van der Waals surface area contributed by atoms with E-state index in [1.54, 1.807) is 0 Å². The average molecular weight is 219 g/mol. The molecule has 0 nitrogen and oxygen atoms in total. The van der Waals surface area contributed by atoms with E-state index in [9.17, 15) is 0 Å². The van der Waals surface area contributed by atoms with Crippen LogP contribution in [0.25, 0.3) is 0 Å². The molecule has 1 fully saturated rings. The van der Waals surface area contributed by atoms with Crippen LogP contribution >= 0.6 is 15.9 Å². The van der Waals surface area contributed by atoms with Gasteiger partial charge in [0.15, 0.2) is 0 Å². The molecular weight excluding hydrogens is 200 g/mol. The van der Waals surface area contributed by atoms with Crippen molar-refractivity contribution in [1.29, 1.82) is 0 Å². The van der Waals surface area contributed by atoms with Gasteiger partial charge in [0.25, 0.3) is 0 Å². The Morgan fingerprint density at radius 2 is 1.64 bits per heavy atom. The van der Waals surface area contributed by atoms with Crippen LogP contribution in [0.5, 0.6) is 0 Å². The van der Waals surface area contributed by atoms with Crippen LogP contribution in [0.2, 0.25) is 0 Å². The molecule has 1 heteroatoms. The zero-order chi connectivity index (χ0) is 8.43. The van der Waals surface area contributed by atoms with Crippen LogP contribution < -0.4 is 0 Å². The Bertz CT molecular complexity index is 110. The second kappa shape index (κ2) is 3.93. The van der Waals surface area contributed by atoms with E-state index in [0.29, 0.717) is 4.83 Å². The lowest BCUT2D eigenvalue weighted by Crippen LogP contribution is -2.30. The van der Waals surface area contributed by atoms with Crippen molar-refractivity contribution in [2.45, 2.75) is 44.9 Å². The minimum atomic E-state index is 0.702. The van der Waals surface area contributed by atoms with Crippen LogP contribution in [-0.2, 0) is 0 Å². The monoisotopic (exact) mass is 218 g/mol. The molecule has 1 aliphatic rings. The number of alkyl halides is 1. The lowest BCUT2D eigenvalue weighted by molar-refractivity contribution is 0.181. The first-order chi connectivity index (χ1) is 5.13. The summed E-state index contributed by atoms with van der Waals surface area (Å²) < 4.78 is 0. The molecule has 0 N–H and O–H groups in total. The van der Waals surface area contributed by atoms with E-state index in [0.717, 1.165) is 17.8 Å². The molecule has 0 aliphatic heterocycles. The SMILES string of the molecule is CC(Br)C1C(C)CCCC1C. The molecule has 66 valence electrons. The molecule has 0 aromatic carbocycles. The summed E-state index contributed by atoms with van der Waals surface area (Å²) in [6, 6.07) is 0. The summed E-state index contributed by atoms with van der Waals surface area (Å²) in [6.45, 7) is 7.10. The maximum Gasteiger partial charge on any atom is 0.0150 e. The Balaban J connectivity index is 2.55. The molecule has 0 saturated heterocycles. The first-order valence-corrected chi connectivity index (χ1v) is 5.68. The van der Waals surface area contributed by atoms with Gasteiger partial charge in [-0.05, 0) is 17.8 Å². The maximum atomic E-state index is 3.72. The quantitative estimate of drug-likeness (QED) is 0.588. The molecule has 1 aliphatic carbocycles. The van der Waals surface area contributed by atoms with E-state index in [-0.39, 0.29) is 0 Å². The van der Waals surface area contributed by atoms with Gasteiger partial charge < -0.3 is 0 Å². The number of rotatable bonds is 1. The number of halogens is 1. The van der Waals surface area contributed by atoms with Crippen molar-refractivity contribution >= 4 is 15.9 Å². The van der Waals surface area contributed by atoms with Crippen molar-refractivity contribution < 1.29 is 0 Å². The summed E-state index contributed by atoms with van der Waals surface area (Å²) >= 11 is 3.72. The van der Waals surface area contributed by atoms with Crippen LogP contribution in [0.3, 0.4) is 0 Å². The van der Waals surface area contributed by atoms with Gasteiger partial charge in [0, 0.05) is 4.83 Å². The van der Waals surface area contributed by atoms with Gasteiger partial charge in [0.1, 0.15) is 0 Å². The van der Waals surface area contributed by atoms with E-state index in [1.807, 2.05) is 0 Å². The smallest absolute Gasteiger partial charge is 0.0150 e. The van der Waals surface area contributed by atoms with Gasteiger partial charge >= 0.3 is 0 Å². The third kappa shape index (κ3) is 2.21. The molecule has 0 amide bonds.